The van der Waals surface area contributed by atoms with Crippen LogP contribution in [-0.4, -0.2) is 6.16 Å². The SMILES string of the molecule is Br.Br.Br.CCCCCCCCCCCCCCP. The van der Waals surface area contributed by atoms with Gasteiger partial charge in [-0.2, -0.15) is 0 Å². The Kier molecular flexibility index (Phi) is 42.5. The van der Waals surface area contributed by atoms with E-state index in [0.717, 1.165) is 0 Å². The number of hydrogen-bond donors (Lipinski definition) is 0. The molecule has 0 saturated heterocycles. The molecule has 0 spiro atoms. The van der Waals surface area contributed by atoms with Crippen LogP contribution in [0.5, 0.6) is 0 Å². The highest BCUT2D eigenvalue weighted by Crippen LogP contribution is 2.11. The fourth-order valence-electron chi connectivity index (χ4n) is 1.99. The lowest BCUT2D eigenvalue weighted by Crippen LogP contribution is -1.82. The number of hydrogen-bond acceptors (Lipinski definition) is 0. The molecule has 0 aliphatic rings. The lowest BCUT2D eigenvalue weighted by molar-refractivity contribution is 0.548. The van der Waals surface area contributed by atoms with Crippen LogP contribution in [0, 0.1) is 0 Å². The first-order valence-corrected chi connectivity index (χ1v) is 7.93. The standard InChI is InChI=1S/C14H31P.3BrH/c1-2-3-4-5-6-7-8-9-10-11-12-13-14-15;;;/h2-15H2,1H3;3*1H. The molecule has 0 aliphatic carbocycles. The summed E-state index contributed by atoms with van der Waals surface area (Å²) in [6.07, 6.45) is 18.7. The molecule has 0 rings (SSSR count). The first-order valence-electron chi connectivity index (χ1n) is 7.12. The molecule has 0 fully saturated rings. The Labute approximate surface area is 149 Å². The van der Waals surface area contributed by atoms with Crippen molar-refractivity contribution in [2.24, 2.45) is 0 Å². The molecule has 0 radical (unpaired) electrons. The molecule has 0 aromatic carbocycles. The van der Waals surface area contributed by atoms with E-state index in [2.05, 4.69) is 16.2 Å². The summed E-state index contributed by atoms with van der Waals surface area (Å²) in [5, 5.41) is 0. The van der Waals surface area contributed by atoms with Gasteiger partial charge in [-0.25, -0.2) is 0 Å². The summed E-state index contributed by atoms with van der Waals surface area (Å²) in [6, 6.07) is 0. The monoisotopic (exact) mass is 470 g/mol. The van der Waals surface area contributed by atoms with Crippen LogP contribution in [0.1, 0.15) is 84.0 Å². The van der Waals surface area contributed by atoms with Crippen molar-refractivity contribution in [1.29, 1.82) is 0 Å². The maximum absolute atomic E-state index is 2.81. The van der Waals surface area contributed by atoms with Gasteiger partial charge in [-0.15, -0.1) is 60.2 Å². The fraction of sp³-hybridized carbons (Fsp3) is 1.00. The van der Waals surface area contributed by atoms with Gasteiger partial charge in [0.2, 0.25) is 0 Å². The van der Waals surface area contributed by atoms with Crippen LogP contribution in [0.25, 0.3) is 0 Å². The van der Waals surface area contributed by atoms with Gasteiger partial charge < -0.3 is 0 Å². The van der Waals surface area contributed by atoms with Gasteiger partial charge in [0.1, 0.15) is 0 Å². The molecular weight excluding hydrogens is 439 g/mol. The van der Waals surface area contributed by atoms with Crippen molar-refractivity contribution in [1.82, 2.24) is 0 Å². The van der Waals surface area contributed by atoms with Crippen molar-refractivity contribution in [3.05, 3.63) is 0 Å². The minimum absolute atomic E-state index is 0. The van der Waals surface area contributed by atoms with Crippen molar-refractivity contribution >= 4 is 60.2 Å². The maximum atomic E-state index is 2.81. The molecule has 0 heterocycles. The lowest BCUT2D eigenvalue weighted by Gasteiger charge is -2.01. The molecule has 116 valence electrons. The van der Waals surface area contributed by atoms with Crippen molar-refractivity contribution in [3.8, 4) is 0 Å². The number of rotatable bonds is 12. The second-order valence-electron chi connectivity index (χ2n) is 4.68. The third-order valence-electron chi connectivity index (χ3n) is 3.06. The van der Waals surface area contributed by atoms with Crippen LogP contribution >= 0.6 is 60.2 Å². The smallest absolute Gasteiger partial charge is 0.0381 e. The van der Waals surface area contributed by atoms with Gasteiger partial charge in [-0.1, -0.05) is 77.6 Å². The highest BCUT2D eigenvalue weighted by atomic mass is 79.9. The molecule has 1 unspecified atom stereocenters. The van der Waals surface area contributed by atoms with Crippen molar-refractivity contribution in [3.63, 3.8) is 0 Å². The molecule has 0 amide bonds. The Morgan fingerprint density at radius 1 is 0.500 bits per heavy atom. The lowest BCUT2D eigenvalue weighted by atomic mass is 10.1. The zero-order valence-corrected chi connectivity index (χ0v) is 18.3. The fourth-order valence-corrected chi connectivity index (χ4v) is 2.27. The van der Waals surface area contributed by atoms with E-state index >= 15 is 0 Å². The van der Waals surface area contributed by atoms with Gasteiger partial charge in [0, 0.05) is 0 Å². The zero-order chi connectivity index (χ0) is 11.2. The summed E-state index contributed by atoms with van der Waals surface area (Å²) in [7, 11) is 2.81. The first kappa shape index (κ1) is 28.1. The third kappa shape index (κ3) is 26.4. The van der Waals surface area contributed by atoms with Gasteiger partial charge in [0.25, 0.3) is 0 Å². The quantitative estimate of drug-likeness (QED) is 0.206. The Bertz CT molecular complexity index is 101. The van der Waals surface area contributed by atoms with E-state index in [1.54, 1.807) is 0 Å². The summed E-state index contributed by atoms with van der Waals surface area (Å²) >= 11 is 0. The molecular formula is C14H34Br3P. The van der Waals surface area contributed by atoms with E-state index in [1.165, 1.54) is 83.2 Å². The van der Waals surface area contributed by atoms with Gasteiger partial charge in [-0.3, -0.25) is 0 Å². The molecule has 0 N–H and O–H groups in total. The predicted molar refractivity (Wildman–Crippen MR) is 107 cm³/mol. The number of halogens is 3. The van der Waals surface area contributed by atoms with E-state index in [0.29, 0.717) is 0 Å². The Morgan fingerprint density at radius 3 is 1.06 bits per heavy atom. The largest absolute Gasteiger partial charge is 0.138 e. The van der Waals surface area contributed by atoms with E-state index in [1.807, 2.05) is 0 Å². The Balaban J connectivity index is -0.000000327. The summed E-state index contributed by atoms with van der Waals surface area (Å²) < 4.78 is 0. The molecule has 0 nitrogen and oxygen atoms in total. The van der Waals surface area contributed by atoms with E-state index in [-0.39, 0.29) is 50.9 Å². The molecule has 1 atom stereocenters. The number of unbranched alkanes of at least 4 members (excludes halogenated alkanes) is 11. The highest BCUT2D eigenvalue weighted by molar-refractivity contribution is 8.93. The average Bonchev–Trinajstić information content (AvgIpc) is 2.26. The normalized spacial score (nSPS) is 9.00. The Morgan fingerprint density at radius 2 is 0.778 bits per heavy atom. The van der Waals surface area contributed by atoms with Crippen LogP contribution < -0.4 is 0 Å². The van der Waals surface area contributed by atoms with Crippen molar-refractivity contribution < 1.29 is 0 Å². The topological polar surface area (TPSA) is 0 Å². The summed E-state index contributed by atoms with van der Waals surface area (Å²) in [5.41, 5.74) is 0. The van der Waals surface area contributed by atoms with Gasteiger partial charge in [0.15, 0.2) is 0 Å². The van der Waals surface area contributed by atoms with E-state index in [4.69, 9.17) is 0 Å². The third-order valence-corrected chi connectivity index (χ3v) is 3.47. The second kappa shape index (κ2) is 27.3. The van der Waals surface area contributed by atoms with Gasteiger partial charge >= 0.3 is 0 Å². The zero-order valence-electron chi connectivity index (χ0n) is 12.0. The molecule has 0 aromatic rings. The van der Waals surface area contributed by atoms with Crippen LogP contribution in [0.15, 0.2) is 0 Å². The van der Waals surface area contributed by atoms with Crippen LogP contribution in [-0.2, 0) is 0 Å². The predicted octanol–water partition coefficient (Wildman–Crippen LogP) is 7.30. The Hall–Kier alpha value is 1.87. The summed E-state index contributed by atoms with van der Waals surface area (Å²) in [4.78, 5) is 0. The van der Waals surface area contributed by atoms with Crippen molar-refractivity contribution in [2.45, 2.75) is 84.0 Å². The molecule has 0 saturated carbocycles. The summed E-state index contributed by atoms with van der Waals surface area (Å²) in [6.45, 7) is 2.29. The minimum atomic E-state index is 0. The van der Waals surface area contributed by atoms with Gasteiger partial charge in [0.05, 0.1) is 0 Å². The van der Waals surface area contributed by atoms with E-state index < -0.39 is 0 Å². The molecule has 0 aliphatic heterocycles. The van der Waals surface area contributed by atoms with E-state index in [9.17, 15) is 0 Å². The van der Waals surface area contributed by atoms with Crippen molar-refractivity contribution in [2.75, 3.05) is 6.16 Å². The van der Waals surface area contributed by atoms with Crippen LogP contribution in [0.2, 0.25) is 0 Å². The second-order valence-corrected chi connectivity index (χ2v) is 5.26. The maximum Gasteiger partial charge on any atom is -0.0381 e. The average molecular weight is 473 g/mol. The molecule has 18 heavy (non-hydrogen) atoms. The van der Waals surface area contributed by atoms with Gasteiger partial charge in [-0.05, 0) is 12.6 Å². The summed E-state index contributed by atoms with van der Waals surface area (Å²) in [5.74, 6) is 0. The first-order chi connectivity index (χ1) is 7.41. The molecule has 0 aromatic heterocycles. The van der Waals surface area contributed by atoms with Crippen LogP contribution in [0.4, 0.5) is 0 Å². The highest BCUT2D eigenvalue weighted by Gasteiger charge is 1.92. The van der Waals surface area contributed by atoms with Crippen LogP contribution in [0.3, 0.4) is 0 Å². The minimum Gasteiger partial charge on any atom is -0.138 e. The molecule has 4 heteroatoms. The molecule has 0 bridgehead atoms.